The second-order valence-electron chi connectivity index (χ2n) is 5.88. The number of imide groups is 1. The van der Waals surface area contributed by atoms with E-state index >= 15 is 0 Å². The van der Waals surface area contributed by atoms with Gasteiger partial charge in [0, 0.05) is 31.5 Å². The van der Waals surface area contributed by atoms with Gasteiger partial charge in [0.05, 0.1) is 5.69 Å². The van der Waals surface area contributed by atoms with Gasteiger partial charge in [-0.1, -0.05) is 0 Å². The normalized spacial score (nSPS) is 19.5. The van der Waals surface area contributed by atoms with Gasteiger partial charge in [0.25, 0.3) is 5.91 Å². The fourth-order valence-corrected chi connectivity index (χ4v) is 3.07. The molecule has 0 spiro atoms. The first kappa shape index (κ1) is 14.8. The van der Waals surface area contributed by atoms with Gasteiger partial charge >= 0.3 is 0 Å². The highest BCUT2D eigenvalue weighted by molar-refractivity contribution is 6.16. The summed E-state index contributed by atoms with van der Waals surface area (Å²) in [7, 11) is 0. The fraction of sp³-hybridized carbons (Fsp3) is 0.471. The lowest BCUT2D eigenvalue weighted by atomic mass is 10.1. The van der Waals surface area contributed by atoms with Gasteiger partial charge in [-0.05, 0) is 49.9 Å². The van der Waals surface area contributed by atoms with E-state index < -0.39 is 0 Å². The summed E-state index contributed by atoms with van der Waals surface area (Å²) < 4.78 is 0. The lowest BCUT2D eigenvalue weighted by Crippen LogP contribution is -2.40. The van der Waals surface area contributed by atoms with E-state index in [-0.39, 0.29) is 17.7 Å². The Labute approximate surface area is 129 Å². The molecule has 0 N–H and O–H groups in total. The van der Waals surface area contributed by atoms with Crippen LogP contribution >= 0.6 is 0 Å². The van der Waals surface area contributed by atoms with E-state index in [1.165, 1.54) is 11.3 Å². The summed E-state index contributed by atoms with van der Waals surface area (Å²) in [6.07, 6.45) is 4.73. The molecule has 1 aromatic carbocycles. The number of amides is 3. The summed E-state index contributed by atoms with van der Waals surface area (Å²) in [6.45, 7) is 1.62. The van der Waals surface area contributed by atoms with E-state index in [9.17, 15) is 14.4 Å². The summed E-state index contributed by atoms with van der Waals surface area (Å²) in [5.74, 6) is -0.291. The Morgan fingerprint density at radius 2 is 1.41 bits per heavy atom. The largest absolute Gasteiger partial charge is 0.339 e. The number of nitrogens with zero attached hydrogens (tertiary/aromatic N) is 2. The van der Waals surface area contributed by atoms with Crippen molar-refractivity contribution in [2.24, 2.45) is 0 Å². The predicted molar refractivity (Wildman–Crippen MR) is 82.5 cm³/mol. The summed E-state index contributed by atoms with van der Waals surface area (Å²) in [6, 6.07) is 6.81. The molecule has 0 bridgehead atoms. The van der Waals surface area contributed by atoms with Crippen molar-refractivity contribution in [3.63, 3.8) is 0 Å². The van der Waals surface area contributed by atoms with Gasteiger partial charge in [-0.25, -0.2) is 0 Å². The monoisotopic (exact) mass is 300 g/mol. The molecule has 1 aromatic rings. The Balaban J connectivity index is 1.76. The van der Waals surface area contributed by atoms with Crippen LogP contribution < -0.4 is 4.90 Å². The van der Waals surface area contributed by atoms with Gasteiger partial charge in [-0.15, -0.1) is 0 Å². The molecule has 0 aromatic heterocycles. The smallest absolute Gasteiger partial charge is 0.253 e. The van der Waals surface area contributed by atoms with Crippen LogP contribution in [0.5, 0.6) is 0 Å². The van der Waals surface area contributed by atoms with Crippen LogP contribution in [0.4, 0.5) is 5.69 Å². The van der Waals surface area contributed by atoms with Crippen LogP contribution in [-0.4, -0.2) is 35.7 Å². The SMILES string of the molecule is O=C(c1ccc(N2C(=O)CCCC2=O)cc1)N1CCCCC1. The Hall–Kier alpha value is -2.17. The third-order valence-electron chi connectivity index (χ3n) is 4.30. The molecule has 2 saturated heterocycles. The number of carbonyl (C=O) groups excluding carboxylic acids is 3. The van der Waals surface area contributed by atoms with Crippen molar-refractivity contribution < 1.29 is 14.4 Å². The zero-order valence-corrected chi connectivity index (χ0v) is 12.6. The van der Waals surface area contributed by atoms with Gasteiger partial charge < -0.3 is 4.90 Å². The van der Waals surface area contributed by atoms with Crippen molar-refractivity contribution in [1.82, 2.24) is 4.90 Å². The maximum Gasteiger partial charge on any atom is 0.253 e. The second-order valence-corrected chi connectivity index (χ2v) is 5.88. The molecule has 0 saturated carbocycles. The molecule has 3 rings (SSSR count). The number of hydrogen-bond acceptors (Lipinski definition) is 3. The zero-order chi connectivity index (χ0) is 15.5. The van der Waals surface area contributed by atoms with Crippen LogP contribution in [0.1, 0.15) is 48.9 Å². The molecule has 0 radical (unpaired) electrons. The molecule has 3 amide bonds. The number of benzene rings is 1. The third kappa shape index (κ3) is 2.89. The zero-order valence-electron chi connectivity index (χ0n) is 12.6. The molecule has 22 heavy (non-hydrogen) atoms. The maximum atomic E-state index is 12.4. The Bertz CT molecular complexity index is 572. The standard InChI is InChI=1S/C17H20N2O3/c20-15-5-4-6-16(21)19(15)14-9-7-13(8-10-14)17(22)18-11-2-1-3-12-18/h7-10H,1-6,11-12H2. The molecular weight excluding hydrogens is 280 g/mol. The molecule has 0 atom stereocenters. The highest BCUT2D eigenvalue weighted by atomic mass is 16.2. The molecule has 0 aliphatic carbocycles. The number of carbonyl (C=O) groups is 3. The quantitative estimate of drug-likeness (QED) is 0.788. The van der Waals surface area contributed by atoms with E-state index in [1.807, 2.05) is 4.90 Å². The van der Waals surface area contributed by atoms with Gasteiger partial charge in [-0.2, -0.15) is 0 Å². The first-order valence-electron chi connectivity index (χ1n) is 7.92. The first-order chi connectivity index (χ1) is 10.7. The minimum Gasteiger partial charge on any atom is -0.339 e. The second kappa shape index (κ2) is 6.30. The average Bonchev–Trinajstić information content (AvgIpc) is 2.55. The van der Waals surface area contributed by atoms with Crippen LogP contribution in [0, 0.1) is 0 Å². The lowest BCUT2D eigenvalue weighted by molar-refractivity contribution is -0.129. The van der Waals surface area contributed by atoms with E-state index in [4.69, 9.17) is 0 Å². The molecular formula is C17H20N2O3. The van der Waals surface area contributed by atoms with Crippen LogP contribution in [0.15, 0.2) is 24.3 Å². The molecule has 5 nitrogen and oxygen atoms in total. The van der Waals surface area contributed by atoms with Crippen LogP contribution in [0.25, 0.3) is 0 Å². The summed E-state index contributed by atoms with van der Waals surface area (Å²) >= 11 is 0. The van der Waals surface area contributed by atoms with Crippen LogP contribution in [0.3, 0.4) is 0 Å². The number of hydrogen-bond donors (Lipinski definition) is 0. The summed E-state index contributed by atoms with van der Waals surface area (Å²) in [4.78, 5) is 39.3. The molecule has 5 heteroatoms. The lowest BCUT2D eigenvalue weighted by Gasteiger charge is -2.27. The van der Waals surface area contributed by atoms with Crippen LogP contribution in [-0.2, 0) is 9.59 Å². The summed E-state index contributed by atoms with van der Waals surface area (Å²) in [5, 5.41) is 0. The molecule has 2 aliphatic heterocycles. The Kier molecular flexibility index (Phi) is 4.22. The van der Waals surface area contributed by atoms with Crippen LogP contribution in [0.2, 0.25) is 0 Å². The van der Waals surface area contributed by atoms with Crippen molar-refractivity contribution in [3.05, 3.63) is 29.8 Å². The maximum absolute atomic E-state index is 12.4. The number of anilines is 1. The molecule has 2 fully saturated rings. The Morgan fingerprint density at radius 1 is 0.818 bits per heavy atom. The number of rotatable bonds is 2. The minimum absolute atomic E-state index is 0.0301. The van der Waals surface area contributed by atoms with E-state index in [0.29, 0.717) is 30.5 Å². The third-order valence-corrected chi connectivity index (χ3v) is 4.30. The fourth-order valence-electron chi connectivity index (χ4n) is 3.07. The minimum atomic E-state index is -0.161. The first-order valence-corrected chi connectivity index (χ1v) is 7.92. The molecule has 2 aliphatic rings. The molecule has 2 heterocycles. The van der Waals surface area contributed by atoms with Gasteiger partial charge in [0.15, 0.2) is 0 Å². The van der Waals surface area contributed by atoms with Gasteiger partial charge in [-0.3, -0.25) is 19.3 Å². The van der Waals surface area contributed by atoms with E-state index in [1.54, 1.807) is 24.3 Å². The van der Waals surface area contributed by atoms with Crippen molar-refractivity contribution >= 4 is 23.4 Å². The van der Waals surface area contributed by atoms with Gasteiger partial charge in [0.2, 0.25) is 11.8 Å². The average molecular weight is 300 g/mol. The highest BCUT2D eigenvalue weighted by Crippen LogP contribution is 2.23. The highest BCUT2D eigenvalue weighted by Gasteiger charge is 2.27. The predicted octanol–water partition coefficient (Wildman–Crippen LogP) is 2.36. The number of piperidine rings is 2. The van der Waals surface area contributed by atoms with Crippen molar-refractivity contribution in [3.8, 4) is 0 Å². The van der Waals surface area contributed by atoms with Gasteiger partial charge in [0.1, 0.15) is 0 Å². The van der Waals surface area contributed by atoms with Crippen molar-refractivity contribution in [1.29, 1.82) is 0 Å². The van der Waals surface area contributed by atoms with E-state index in [0.717, 1.165) is 25.9 Å². The Morgan fingerprint density at radius 3 is 2.00 bits per heavy atom. The van der Waals surface area contributed by atoms with Crippen molar-refractivity contribution in [2.45, 2.75) is 38.5 Å². The molecule has 116 valence electrons. The van der Waals surface area contributed by atoms with Crippen molar-refractivity contribution in [2.75, 3.05) is 18.0 Å². The topological polar surface area (TPSA) is 57.7 Å². The van der Waals surface area contributed by atoms with E-state index in [2.05, 4.69) is 0 Å². The number of likely N-dealkylation sites (tertiary alicyclic amines) is 1. The summed E-state index contributed by atoms with van der Waals surface area (Å²) in [5.41, 5.74) is 1.17. The molecule has 0 unspecified atom stereocenters.